The minimum Gasteiger partial charge on any atom is -0.454 e. The van der Waals surface area contributed by atoms with E-state index >= 15 is 0 Å². The number of nitrogens with zero attached hydrogens (tertiary/aromatic N) is 3. The van der Waals surface area contributed by atoms with Crippen molar-refractivity contribution in [2.75, 3.05) is 11.1 Å². The minimum atomic E-state index is -0.721. The molecule has 9 heteroatoms. The Labute approximate surface area is 153 Å². The number of halogens is 2. The lowest BCUT2D eigenvalue weighted by atomic mass is 10.1. The maximum Gasteiger partial charge on any atom is 0.338 e. The van der Waals surface area contributed by atoms with Gasteiger partial charge in [-0.25, -0.2) is 13.6 Å². The van der Waals surface area contributed by atoms with Crippen molar-refractivity contribution < 1.29 is 18.3 Å². The predicted molar refractivity (Wildman–Crippen MR) is 94.2 cm³/mol. The van der Waals surface area contributed by atoms with Gasteiger partial charge in [0.1, 0.15) is 11.6 Å². The van der Waals surface area contributed by atoms with E-state index in [1.54, 1.807) is 6.92 Å². The Balaban J connectivity index is 1.69. The molecule has 0 aliphatic heterocycles. The first-order chi connectivity index (χ1) is 12.9. The average Bonchev–Trinajstić information content (AvgIpc) is 2.63. The molecule has 0 spiro atoms. The molecular weight excluding hydrogens is 356 g/mol. The van der Waals surface area contributed by atoms with Crippen LogP contribution in [0.5, 0.6) is 0 Å². The van der Waals surface area contributed by atoms with Crippen molar-refractivity contribution in [3.8, 4) is 0 Å². The van der Waals surface area contributed by atoms with E-state index in [0.717, 1.165) is 6.07 Å². The van der Waals surface area contributed by atoms with Crippen molar-refractivity contribution in [2.45, 2.75) is 13.5 Å². The lowest BCUT2D eigenvalue weighted by Crippen LogP contribution is -2.11. The van der Waals surface area contributed by atoms with E-state index in [4.69, 9.17) is 10.5 Å². The van der Waals surface area contributed by atoms with Crippen LogP contribution in [0.3, 0.4) is 0 Å². The maximum atomic E-state index is 13.6. The summed E-state index contributed by atoms with van der Waals surface area (Å²) in [6.45, 7) is 1.31. The maximum absolute atomic E-state index is 13.6. The molecule has 0 aliphatic carbocycles. The molecule has 27 heavy (non-hydrogen) atoms. The van der Waals surface area contributed by atoms with Crippen LogP contribution < -0.4 is 11.1 Å². The van der Waals surface area contributed by atoms with Gasteiger partial charge in [-0.15, -0.1) is 0 Å². The summed E-state index contributed by atoms with van der Waals surface area (Å²) in [5.74, 6) is -1.46. The van der Waals surface area contributed by atoms with E-state index in [1.807, 2.05) is 0 Å². The zero-order valence-electron chi connectivity index (χ0n) is 14.2. The van der Waals surface area contributed by atoms with E-state index < -0.39 is 11.8 Å². The van der Waals surface area contributed by atoms with Gasteiger partial charge in [-0.3, -0.25) is 0 Å². The van der Waals surface area contributed by atoms with E-state index in [1.165, 1.54) is 36.4 Å². The van der Waals surface area contributed by atoms with Crippen LogP contribution in [-0.4, -0.2) is 20.9 Å². The van der Waals surface area contributed by atoms with Gasteiger partial charge in [0.25, 0.3) is 0 Å². The number of hydrogen-bond acceptors (Lipinski definition) is 7. The molecule has 2 aromatic carbocycles. The average molecular weight is 371 g/mol. The third kappa shape index (κ3) is 4.72. The Morgan fingerprint density at radius 1 is 1.11 bits per heavy atom. The van der Waals surface area contributed by atoms with Crippen LogP contribution >= 0.6 is 0 Å². The molecule has 0 unspecified atom stereocenters. The fraction of sp³-hybridized carbons (Fsp3) is 0.111. The summed E-state index contributed by atoms with van der Waals surface area (Å²) < 4.78 is 31.6. The molecule has 3 rings (SSSR count). The Bertz CT molecular complexity index is 980. The molecule has 0 saturated heterocycles. The molecule has 0 aliphatic rings. The van der Waals surface area contributed by atoms with Crippen LogP contribution in [0.25, 0.3) is 0 Å². The van der Waals surface area contributed by atoms with Gasteiger partial charge in [0, 0.05) is 5.69 Å². The molecule has 0 amide bonds. The first-order valence-electron chi connectivity index (χ1n) is 7.87. The quantitative estimate of drug-likeness (QED) is 0.664. The largest absolute Gasteiger partial charge is 0.454 e. The van der Waals surface area contributed by atoms with Crippen molar-refractivity contribution in [1.82, 2.24) is 15.0 Å². The number of aryl methyl sites for hydroxylation is 1. The van der Waals surface area contributed by atoms with Crippen molar-refractivity contribution in [1.29, 1.82) is 0 Å². The fourth-order valence-corrected chi connectivity index (χ4v) is 2.15. The molecule has 1 aromatic heterocycles. The fourth-order valence-electron chi connectivity index (χ4n) is 2.15. The van der Waals surface area contributed by atoms with Gasteiger partial charge in [0.2, 0.25) is 11.9 Å². The van der Waals surface area contributed by atoms with Crippen molar-refractivity contribution in [2.24, 2.45) is 0 Å². The first kappa shape index (κ1) is 18.2. The monoisotopic (exact) mass is 371 g/mol. The summed E-state index contributed by atoms with van der Waals surface area (Å²) in [5, 5.41) is 2.85. The summed E-state index contributed by atoms with van der Waals surface area (Å²) in [5.41, 5.74) is 6.68. The van der Waals surface area contributed by atoms with Gasteiger partial charge in [0.05, 0.1) is 5.56 Å². The molecule has 0 saturated carbocycles. The summed E-state index contributed by atoms with van der Waals surface area (Å²) in [6, 6.07) is 9.59. The molecule has 7 nitrogen and oxygen atoms in total. The highest BCUT2D eigenvalue weighted by Crippen LogP contribution is 2.15. The molecule has 138 valence electrons. The number of hydrogen-bond donors (Lipinski definition) is 2. The normalized spacial score (nSPS) is 10.5. The third-order valence-electron chi connectivity index (χ3n) is 3.54. The lowest BCUT2D eigenvalue weighted by Gasteiger charge is -2.08. The van der Waals surface area contributed by atoms with Crippen LogP contribution in [0.2, 0.25) is 0 Å². The van der Waals surface area contributed by atoms with Crippen molar-refractivity contribution >= 4 is 23.6 Å². The van der Waals surface area contributed by atoms with Crippen molar-refractivity contribution in [3.63, 3.8) is 0 Å². The van der Waals surface area contributed by atoms with Gasteiger partial charge >= 0.3 is 5.97 Å². The van der Waals surface area contributed by atoms with Gasteiger partial charge in [-0.2, -0.15) is 15.0 Å². The Hall–Kier alpha value is -3.62. The highest BCUT2D eigenvalue weighted by Gasteiger charge is 2.12. The second kappa shape index (κ2) is 7.73. The number of carbonyl (C=O) groups excluding carboxylic acids is 1. The Morgan fingerprint density at radius 2 is 1.85 bits per heavy atom. The van der Waals surface area contributed by atoms with Gasteiger partial charge < -0.3 is 15.8 Å². The number of ether oxygens (including phenoxy) is 1. The van der Waals surface area contributed by atoms with E-state index in [-0.39, 0.29) is 35.7 Å². The van der Waals surface area contributed by atoms with E-state index in [0.29, 0.717) is 11.3 Å². The molecule has 0 radical (unpaired) electrons. The molecule has 3 N–H and O–H groups in total. The summed E-state index contributed by atoms with van der Waals surface area (Å²) in [6.07, 6.45) is 0. The van der Waals surface area contributed by atoms with Crippen molar-refractivity contribution in [3.05, 3.63) is 71.1 Å². The number of anilines is 3. The number of carbonyl (C=O) groups is 1. The second-order valence-electron chi connectivity index (χ2n) is 5.61. The highest BCUT2D eigenvalue weighted by atomic mass is 19.1. The predicted octanol–water partition coefficient (Wildman–Crippen LogP) is 3.14. The standard InChI is InChI=1S/C18H15F2N5O2/c1-10-2-3-11(8-14(10)20)16(26)27-9-15-23-17(21)25-18(24-15)22-13-6-4-12(19)5-7-13/h2-8H,9H2,1H3,(H3,21,22,23,24,25). The number of benzene rings is 2. The summed E-state index contributed by atoms with van der Waals surface area (Å²) in [7, 11) is 0. The van der Waals surface area contributed by atoms with Crippen LogP contribution in [-0.2, 0) is 11.3 Å². The summed E-state index contributed by atoms with van der Waals surface area (Å²) in [4.78, 5) is 23.9. The second-order valence-corrected chi connectivity index (χ2v) is 5.61. The summed E-state index contributed by atoms with van der Waals surface area (Å²) >= 11 is 0. The van der Waals surface area contributed by atoms with Crippen LogP contribution in [0, 0.1) is 18.6 Å². The van der Waals surface area contributed by atoms with Crippen LogP contribution in [0.1, 0.15) is 21.7 Å². The zero-order chi connectivity index (χ0) is 19.4. The SMILES string of the molecule is Cc1ccc(C(=O)OCc2nc(N)nc(Nc3ccc(F)cc3)n2)cc1F. The van der Waals surface area contributed by atoms with Gasteiger partial charge in [-0.1, -0.05) is 6.07 Å². The number of aromatic nitrogens is 3. The number of esters is 1. The van der Waals surface area contributed by atoms with Crippen LogP contribution in [0.4, 0.5) is 26.4 Å². The molecule has 0 atom stereocenters. The minimum absolute atomic E-state index is 0.0739. The number of nitrogens with two attached hydrogens (primary N) is 1. The molecule has 3 aromatic rings. The molecule has 0 fully saturated rings. The Kier molecular flexibility index (Phi) is 5.20. The molecule has 0 bridgehead atoms. The van der Waals surface area contributed by atoms with Gasteiger partial charge in [0.15, 0.2) is 12.4 Å². The van der Waals surface area contributed by atoms with Crippen LogP contribution in [0.15, 0.2) is 42.5 Å². The Morgan fingerprint density at radius 3 is 2.56 bits per heavy atom. The highest BCUT2D eigenvalue weighted by molar-refractivity contribution is 5.89. The molecular formula is C18H15F2N5O2. The zero-order valence-corrected chi connectivity index (χ0v) is 14.2. The third-order valence-corrected chi connectivity index (χ3v) is 3.54. The number of nitrogens with one attached hydrogen (secondary N) is 1. The smallest absolute Gasteiger partial charge is 0.338 e. The first-order valence-corrected chi connectivity index (χ1v) is 7.87. The topological polar surface area (TPSA) is 103 Å². The number of nitrogen functional groups attached to an aromatic ring is 1. The van der Waals surface area contributed by atoms with E-state index in [2.05, 4.69) is 20.3 Å². The van der Waals surface area contributed by atoms with Gasteiger partial charge in [-0.05, 0) is 48.9 Å². The van der Waals surface area contributed by atoms with E-state index in [9.17, 15) is 13.6 Å². The number of rotatable bonds is 5. The lowest BCUT2D eigenvalue weighted by molar-refractivity contribution is 0.0461. The molecule has 1 heterocycles.